The molecule has 0 spiro atoms. The first-order valence-electron chi connectivity index (χ1n) is 4.06. The number of carbonyl (C=O) groups is 1. The van der Waals surface area contributed by atoms with Crippen molar-refractivity contribution in [1.82, 2.24) is 4.90 Å². The minimum Gasteiger partial charge on any atom is -0.332 e. The topological polar surface area (TPSA) is 20.3 Å². The molecule has 0 saturated carbocycles. The van der Waals surface area contributed by atoms with E-state index in [4.69, 9.17) is 0 Å². The molecule has 0 atom stereocenters. The van der Waals surface area contributed by atoms with Gasteiger partial charge in [0, 0.05) is 29.5 Å². The summed E-state index contributed by atoms with van der Waals surface area (Å²) in [4.78, 5) is 12.4. The summed E-state index contributed by atoms with van der Waals surface area (Å²) in [6.45, 7) is 2.69. The number of hydrogen-bond donors (Lipinski definition) is 0. The Labute approximate surface area is 86.7 Å². The Hall–Kier alpha value is -0.830. The lowest BCUT2D eigenvalue weighted by Gasteiger charge is -2.13. The third kappa shape index (κ3) is 3.19. The van der Waals surface area contributed by atoms with Crippen LogP contribution in [0.2, 0.25) is 0 Å². The van der Waals surface area contributed by atoms with Gasteiger partial charge in [0.25, 0.3) is 4.82 Å². The summed E-state index contributed by atoms with van der Waals surface area (Å²) in [5, 5.41) is 0. The summed E-state index contributed by atoms with van der Waals surface area (Å²) >= 11 is 2.90. The molecule has 70 valence electrons. The van der Waals surface area contributed by atoms with E-state index >= 15 is 0 Å². The van der Waals surface area contributed by atoms with Crippen LogP contribution in [0.4, 0.5) is 4.79 Å². The van der Waals surface area contributed by atoms with Gasteiger partial charge in [0.1, 0.15) is 0 Å². The zero-order chi connectivity index (χ0) is 9.84. The molecule has 0 bridgehead atoms. The highest BCUT2D eigenvalue weighted by Crippen LogP contribution is 2.07. The molecule has 0 saturated heterocycles. The normalized spacial score (nSPS) is 9.77. The summed E-state index contributed by atoms with van der Waals surface area (Å²) in [7, 11) is 1.76. The number of amides is 1. The molecule has 1 aromatic carbocycles. The fraction of sp³-hybridized carbons (Fsp3) is 0.300. The summed E-state index contributed by atoms with van der Waals surface area (Å²) in [5.74, 6) is 0. The Morgan fingerprint density at radius 1 is 1.38 bits per heavy atom. The number of benzene rings is 1. The highest BCUT2D eigenvalue weighted by molar-refractivity contribution is 9.18. The van der Waals surface area contributed by atoms with Crippen LogP contribution in [0, 0.1) is 6.92 Å². The average Bonchev–Trinajstić information content (AvgIpc) is 2.08. The smallest absolute Gasteiger partial charge is 0.289 e. The highest BCUT2D eigenvalue weighted by atomic mass is 79.9. The van der Waals surface area contributed by atoms with Crippen molar-refractivity contribution in [2.24, 2.45) is 0 Å². The van der Waals surface area contributed by atoms with Crippen LogP contribution in [0.3, 0.4) is 0 Å². The molecule has 1 rings (SSSR count). The van der Waals surface area contributed by atoms with Crippen LogP contribution < -0.4 is 0 Å². The number of aryl methyl sites for hydroxylation is 1. The zero-order valence-electron chi connectivity index (χ0n) is 7.75. The molecular weight excluding hydrogens is 230 g/mol. The summed E-state index contributed by atoms with van der Waals surface area (Å²) < 4.78 is 0. The van der Waals surface area contributed by atoms with Crippen molar-refractivity contribution in [3.8, 4) is 0 Å². The van der Waals surface area contributed by atoms with Gasteiger partial charge in [-0.1, -0.05) is 29.8 Å². The Bertz CT molecular complexity index is 294. The number of nitrogens with zero attached hydrogens (tertiary/aromatic N) is 1. The van der Waals surface area contributed by atoms with Crippen molar-refractivity contribution in [3.05, 3.63) is 35.4 Å². The number of carbonyl (C=O) groups excluding carboxylic acids is 1. The molecule has 0 aliphatic heterocycles. The second-order valence-electron chi connectivity index (χ2n) is 3.09. The lowest BCUT2D eigenvalue weighted by Crippen LogP contribution is -2.19. The molecule has 0 radical (unpaired) electrons. The third-order valence-electron chi connectivity index (χ3n) is 1.84. The molecule has 1 aromatic rings. The Balaban J connectivity index is 2.64. The third-order valence-corrected chi connectivity index (χ3v) is 2.45. The van der Waals surface area contributed by atoms with Crippen molar-refractivity contribution in [2.45, 2.75) is 13.5 Å². The van der Waals surface area contributed by atoms with Crippen LogP contribution in [0.25, 0.3) is 0 Å². The standard InChI is InChI=1S/C10H12BrNO/c1-8-3-5-9(6-4-8)7-12(2)10(11)13/h3-6H,7H2,1-2H3. The molecular formula is C10H12BrNO. The minimum absolute atomic E-state index is 0.0897. The molecule has 0 N–H and O–H groups in total. The van der Waals surface area contributed by atoms with Crippen LogP contribution in [-0.2, 0) is 6.54 Å². The van der Waals surface area contributed by atoms with Gasteiger partial charge in [0.05, 0.1) is 0 Å². The molecule has 0 aromatic heterocycles. The van der Waals surface area contributed by atoms with Crippen molar-refractivity contribution in [1.29, 1.82) is 0 Å². The SMILES string of the molecule is Cc1ccc(CN(C)C(=O)Br)cc1. The molecule has 0 fully saturated rings. The largest absolute Gasteiger partial charge is 0.332 e. The van der Waals surface area contributed by atoms with Crippen LogP contribution >= 0.6 is 15.9 Å². The van der Waals surface area contributed by atoms with Gasteiger partial charge < -0.3 is 4.90 Å². The maximum absolute atomic E-state index is 10.9. The average molecular weight is 242 g/mol. The molecule has 3 heteroatoms. The number of hydrogen-bond acceptors (Lipinski definition) is 1. The molecule has 0 aliphatic rings. The maximum atomic E-state index is 10.9. The van der Waals surface area contributed by atoms with E-state index < -0.39 is 0 Å². The van der Waals surface area contributed by atoms with Gasteiger partial charge in [-0.05, 0) is 12.5 Å². The van der Waals surface area contributed by atoms with Crippen LogP contribution in [0.1, 0.15) is 11.1 Å². The zero-order valence-corrected chi connectivity index (χ0v) is 9.34. The van der Waals surface area contributed by atoms with E-state index in [1.807, 2.05) is 31.2 Å². The lowest BCUT2D eigenvalue weighted by molar-refractivity contribution is 0.233. The monoisotopic (exact) mass is 241 g/mol. The van der Waals surface area contributed by atoms with Gasteiger partial charge in [-0.15, -0.1) is 0 Å². The highest BCUT2D eigenvalue weighted by Gasteiger charge is 2.03. The van der Waals surface area contributed by atoms with Gasteiger partial charge in [-0.3, -0.25) is 4.79 Å². The van der Waals surface area contributed by atoms with Gasteiger partial charge in [-0.25, -0.2) is 0 Å². The van der Waals surface area contributed by atoms with Gasteiger partial charge in [-0.2, -0.15) is 0 Å². The van der Waals surface area contributed by atoms with Crippen LogP contribution in [0.15, 0.2) is 24.3 Å². The predicted octanol–water partition coefficient (Wildman–Crippen LogP) is 2.94. The Morgan fingerprint density at radius 3 is 2.38 bits per heavy atom. The minimum atomic E-state index is -0.0897. The van der Waals surface area contributed by atoms with Crippen LogP contribution in [-0.4, -0.2) is 16.8 Å². The van der Waals surface area contributed by atoms with E-state index in [2.05, 4.69) is 15.9 Å². The van der Waals surface area contributed by atoms with Gasteiger partial charge in [0.2, 0.25) is 0 Å². The van der Waals surface area contributed by atoms with E-state index in [9.17, 15) is 4.79 Å². The van der Waals surface area contributed by atoms with E-state index in [0.717, 1.165) is 5.56 Å². The Kier molecular flexibility index (Phi) is 3.48. The quantitative estimate of drug-likeness (QED) is 0.576. The first kappa shape index (κ1) is 10.3. The molecule has 1 amide bonds. The second-order valence-corrected chi connectivity index (χ2v) is 3.77. The van der Waals surface area contributed by atoms with E-state index in [0.29, 0.717) is 6.54 Å². The number of rotatable bonds is 2. The van der Waals surface area contributed by atoms with Crippen molar-refractivity contribution < 1.29 is 4.79 Å². The fourth-order valence-corrected chi connectivity index (χ4v) is 1.15. The first-order valence-corrected chi connectivity index (χ1v) is 4.85. The van der Waals surface area contributed by atoms with E-state index in [1.165, 1.54) is 5.56 Å². The fourth-order valence-electron chi connectivity index (χ4n) is 1.03. The van der Waals surface area contributed by atoms with E-state index in [1.54, 1.807) is 11.9 Å². The first-order chi connectivity index (χ1) is 6.09. The number of halogens is 1. The van der Waals surface area contributed by atoms with E-state index in [-0.39, 0.29) is 4.82 Å². The summed E-state index contributed by atoms with van der Waals surface area (Å²) in [5.41, 5.74) is 2.37. The van der Waals surface area contributed by atoms with Gasteiger partial charge in [0.15, 0.2) is 0 Å². The lowest BCUT2D eigenvalue weighted by atomic mass is 10.1. The predicted molar refractivity (Wildman–Crippen MR) is 57.0 cm³/mol. The summed E-state index contributed by atoms with van der Waals surface area (Å²) in [6, 6.07) is 8.15. The molecule has 0 aliphatic carbocycles. The van der Waals surface area contributed by atoms with Crippen molar-refractivity contribution in [3.63, 3.8) is 0 Å². The van der Waals surface area contributed by atoms with Crippen molar-refractivity contribution >= 4 is 20.7 Å². The molecule has 0 unspecified atom stereocenters. The molecule has 0 heterocycles. The Morgan fingerprint density at radius 2 is 1.92 bits per heavy atom. The maximum Gasteiger partial charge on any atom is 0.289 e. The summed E-state index contributed by atoms with van der Waals surface area (Å²) in [6.07, 6.45) is 0. The van der Waals surface area contributed by atoms with Crippen molar-refractivity contribution in [2.75, 3.05) is 7.05 Å². The molecule has 2 nitrogen and oxygen atoms in total. The second kappa shape index (κ2) is 4.42. The molecule has 13 heavy (non-hydrogen) atoms. The van der Waals surface area contributed by atoms with Crippen LogP contribution in [0.5, 0.6) is 0 Å². The van der Waals surface area contributed by atoms with Gasteiger partial charge >= 0.3 is 0 Å².